The third-order valence-corrected chi connectivity index (χ3v) is 4.18. The van der Waals surface area contributed by atoms with E-state index in [0.717, 1.165) is 17.7 Å². The van der Waals surface area contributed by atoms with Gasteiger partial charge in [0.05, 0.1) is 5.92 Å². The summed E-state index contributed by atoms with van der Waals surface area (Å²) in [4.78, 5) is 37.5. The molecule has 6 heteroatoms. The van der Waals surface area contributed by atoms with Gasteiger partial charge in [-0.15, -0.1) is 0 Å². The van der Waals surface area contributed by atoms with Crippen LogP contribution < -0.4 is 16.0 Å². The molecule has 1 aromatic rings. The largest absolute Gasteiger partial charge is 0.368 e. The summed E-state index contributed by atoms with van der Waals surface area (Å²) in [7, 11) is 0. The van der Waals surface area contributed by atoms with Crippen LogP contribution in [0.5, 0.6) is 0 Å². The predicted octanol–water partition coefficient (Wildman–Crippen LogP) is 0.982. The number of hydrogen-bond acceptors (Lipinski definition) is 3. The molecule has 1 aliphatic heterocycles. The Balaban J connectivity index is 2.10. The van der Waals surface area contributed by atoms with Crippen molar-refractivity contribution in [3.63, 3.8) is 0 Å². The summed E-state index contributed by atoms with van der Waals surface area (Å²) in [6.07, 6.45) is 1.02. The smallest absolute Gasteiger partial charge is 0.242 e. The van der Waals surface area contributed by atoms with Crippen LogP contribution >= 0.6 is 0 Å². The highest BCUT2D eigenvalue weighted by molar-refractivity contribution is 6.01. The molecular weight excluding hydrogens is 294 g/mol. The van der Waals surface area contributed by atoms with E-state index in [4.69, 9.17) is 5.73 Å². The molecule has 3 amide bonds. The van der Waals surface area contributed by atoms with Crippen LogP contribution in [0, 0.1) is 5.92 Å². The van der Waals surface area contributed by atoms with E-state index in [0.29, 0.717) is 6.54 Å². The Hall–Kier alpha value is -2.37. The molecule has 1 saturated heterocycles. The summed E-state index contributed by atoms with van der Waals surface area (Å²) in [6.45, 7) is 5.46. The molecule has 0 saturated carbocycles. The topological polar surface area (TPSA) is 92.5 Å². The molecule has 6 nitrogen and oxygen atoms in total. The number of primary amides is 1. The Morgan fingerprint density at radius 2 is 2.09 bits per heavy atom. The number of aryl methyl sites for hydroxylation is 1. The summed E-state index contributed by atoms with van der Waals surface area (Å²) >= 11 is 0. The van der Waals surface area contributed by atoms with Crippen LogP contribution in [0.2, 0.25) is 0 Å². The molecule has 0 bridgehead atoms. The second kappa shape index (κ2) is 6.40. The van der Waals surface area contributed by atoms with Gasteiger partial charge in [-0.3, -0.25) is 14.4 Å². The molecule has 0 aliphatic carbocycles. The van der Waals surface area contributed by atoms with Gasteiger partial charge in [-0.25, -0.2) is 0 Å². The average Bonchev–Trinajstić information content (AvgIpc) is 2.89. The maximum atomic E-state index is 12.3. The number of benzene rings is 1. The molecule has 124 valence electrons. The third kappa shape index (κ3) is 3.70. The molecule has 0 aromatic heterocycles. The van der Waals surface area contributed by atoms with Crippen LogP contribution in [-0.4, -0.2) is 29.8 Å². The van der Waals surface area contributed by atoms with Crippen LogP contribution in [0.25, 0.3) is 0 Å². The lowest BCUT2D eigenvalue weighted by atomic mass is 10.0. The molecule has 1 aliphatic rings. The summed E-state index contributed by atoms with van der Waals surface area (Å²) < 4.78 is 0. The van der Waals surface area contributed by atoms with Gasteiger partial charge in [-0.05, 0) is 38.0 Å². The number of nitrogens with zero attached hydrogens (tertiary/aromatic N) is 1. The van der Waals surface area contributed by atoms with Gasteiger partial charge in [0, 0.05) is 18.7 Å². The Bertz CT molecular complexity index is 640. The van der Waals surface area contributed by atoms with Gasteiger partial charge < -0.3 is 16.0 Å². The lowest BCUT2D eigenvalue weighted by Crippen LogP contribution is -2.54. The van der Waals surface area contributed by atoms with E-state index in [1.165, 1.54) is 0 Å². The van der Waals surface area contributed by atoms with E-state index in [9.17, 15) is 14.4 Å². The fourth-order valence-corrected chi connectivity index (χ4v) is 2.55. The third-order valence-electron chi connectivity index (χ3n) is 4.18. The quantitative estimate of drug-likeness (QED) is 0.848. The van der Waals surface area contributed by atoms with Crippen molar-refractivity contribution in [1.82, 2.24) is 5.32 Å². The van der Waals surface area contributed by atoms with E-state index in [1.54, 1.807) is 18.7 Å². The summed E-state index contributed by atoms with van der Waals surface area (Å²) in [5, 5.41) is 2.62. The predicted molar refractivity (Wildman–Crippen MR) is 87.7 cm³/mol. The van der Waals surface area contributed by atoms with E-state index >= 15 is 0 Å². The highest BCUT2D eigenvalue weighted by Crippen LogP contribution is 2.26. The van der Waals surface area contributed by atoms with Gasteiger partial charge >= 0.3 is 0 Å². The molecule has 1 atom stereocenters. The summed E-state index contributed by atoms with van der Waals surface area (Å²) in [5.74, 6) is -1.50. The number of amides is 3. The number of carbonyl (C=O) groups is 3. The molecule has 2 rings (SSSR count). The zero-order chi connectivity index (χ0) is 17.2. The first-order valence-electron chi connectivity index (χ1n) is 7.76. The van der Waals surface area contributed by atoms with Crippen molar-refractivity contribution in [2.45, 2.75) is 39.2 Å². The van der Waals surface area contributed by atoms with Gasteiger partial charge in [0.15, 0.2) is 0 Å². The van der Waals surface area contributed by atoms with Gasteiger partial charge in [-0.2, -0.15) is 0 Å². The lowest BCUT2D eigenvalue weighted by molar-refractivity contribution is -0.132. The Morgan fingerprint density at radius 3 is 2.70 bits per heavy atom. The Kier molecular flexibility index (Phi) is 4.73. The van der Waals surface area contributed by atoms with Gasteiger partial charge in [-0.1, -0.05) is 19.1 Å². The lowest BCUT2D eigenvalue weighted by Gasteiger charge is -2.24. The van der Waals surface area contributed by atoms with Crippen LogP contribution in [0.1, 0.15) is 32.8 Å². The Labute approximate surface area is 136 Å². The van der Waals surface area contributed by atoms with Crippen molar-refractivity contribution in [1.29, 1.82) is 0 Å². The molecular formula is C17H23N3O3. The molecule has 1 fully saturated rings. The number of anilines is 1. The SMILES string of the molecule is CCc1cccc(N2C[C@@H](C(=O)NC(C)(C)C(N)=O)CC2=O)c1. The zero-order valence-electron chi connectivity index (χ0n) is 13.8. The molecule has 0 radical (unpaired) electrons. The van der Waals surface area contributed by atoms with Crippen LogP contribution in [0.3, 0.4) is 0 Å². The minimum Gasteiger partial charge on any atom is -0.368 e. The van der Waals surface area contributed by atoms with Crippen LogP contribution in [0.4, 0.5) is 5.69 Å². The molecule has 0 unspecified atom stereocenters. The number of nitrogens with one attached hydrogen (secondary N) is 1. The first-order chi connectivity index (χ1) is 10.7. The van der Waals surface area contributed by atoms with Crippen molar-refractivity contribution < 1.29 is 14.4 Å². The van der Waals surface area contributed by atoms with Crippen molar-refractivity contribution in [2.75, 3.05) is 11.4 Å². The minimum absolute atomic E-state index is 0.0877. The first kappa shape index (κ1) is 17.0. The standard InChI is InChI=1S/C17H23N3O3/c1-4-11-6-5-7-13(8-11)20-10-12(9-14(20)21)15(22)19-17(2,3)16(18)23/h5-8,12H,4,9-10H2,1-3H3,(H2,18,23)(H,19,22)/t12-/m0/s1. The summed E-state index contributed by atoms with van der Waals surface area (Å²) in [6, 6.07) is 7.74. The fourth-order valence-electron chi connectivity index (χ4n) is 2.55. The van der Waals surface area contributed by atoms with Gasteiger partial charge in [0.2, 0.25) is 17.7 Å². The van der Waals surface area contributed by atoms with Crippen molar-refractivity contribution in [2.24, 2.45) is 11.7 Å². The highest BCUT2D eigenvalue weighted by Gasteiger charge is 2.38. The van der Waals surface area contributed by atoms with Crippen molar-refractivity contribution >= 4 is 23.4 Å². The number of carbonyl (C=O) groups excluding carboxylic acids is 3. The fraction of sp³-hybridized carbons (Fsp3) is 0.471. The first-order valence-corrected chi connectivity index (χ1v) is 7.76. The molecule has 1 aromatic carbocycles. The molecule has 1 heterocycles. The maximum Gasteiger partial charge on any atom is 0.242 e. The van der Waals surface area contributed by atoms with E-state index in [-0.39, 0.29) is 18.2 Å². The number of rotatable bonds is 5. The van der Waals surface area contributed by atoms with Gasteiger partial charge in [0.1, 0.15) is 5.54 Å². The van der Waals surface area contributed by atoms with Crippen molar-refractivity contribution in [3.8, 4) is 0 Å². The van der Waals surface area contributed by atoms with E-state index in [1.807, 2.05) is 31.2 Å². The normalized spacial score (nSPS) is 18.1. The maximum absolute atomic E-state index is 12.3. The number of nitrogens with two attached hydrogens (primary N) is 1. The second-order valence-electron chi connectivity index (χ2n) is 6.41. The van der Waals surface area contributed by atoms with Gasteiger partial charge in [0.25, 0.3) is 0 Å². The number of hydrogen-bond donors (Lipinski definition) is 2. The average molecular weight is 317 g/mol. The second-order valence-corrected chi connectivity index (χ2v) is 6.41. The molecule has 23 heavy (non-hydrogen) atoms. The monoisotopic (exact) mass is 317 g/mol. The molecule has 0 spiro atoms. The van der Waals surface area contributed by atoms with E-state index in [2.05, 4.69) is 5.32 Å². The highest BCUT2D eigenvalue weighted by atomic mass is 16.2. The van der Waals surface area contributed by atoms with Crippen LogP contribution in [0.15, 0.2) is 24.3 Å². The van der Waals surface area contributed by atoms with Crippen LogP contribution in [-0.2, 0) is 20.8 Å². The molecule has 3 N–H and O–H groups in total. The zero-order valence-corrected chi connectivity index (χ0v) is 13.8. The van der Waals surface area contributed by atoms with Crippen molar-refractivity contribution in [3.05, 3.63) is 29.8 Å². The minimum atomic E-state index is -1.13. The summed E-state index contributed by atoms with van der Waals surface area (Å²) in [5.41, 5.74) is 6.08. The van der Waals surface area contributed by atoms with E-state index < -0.39 is 17.4 Å². The Morgan fingerprint density at radius 1 is 1.39 bits per heavy atom.